The van der Waals surface area contributed by atoms with Crippen LogP contribution in [0.15, 0.2) is 12.5 Å². The number of ether oxygens (including phenoxy) is 1. The summed E-state index contributed by atoms with van der Waals surface area (Å²) in [6.45, 7) is 5.14. The molecule has 2 aliphatic rings. The molecule has 2 saturated heterocycles. The molecule has 3 heterocycles. The number of imidazole rings is 1. The topological polar surface area (TPSA) is 39.1 Å². The number of hydrogen-bond donors (Lipinski definition) is 1. The summed E-state index contributed by atoms with van der Waals surface area (Å²) in [5.74, 6) is 1.35. The third-order valence-corrected chi connectivity index (χ3v) is 3.65. The van der Waals surface area contributed by atoms with E-state index < -0.39 is 0 Å². The second-order valence-corrected chi connectivity index (χ2v) is 4.91. The number of aromatic nitrogens is 2. The number of nitrogens with one attached hydrogen (secondary N) is 1. The molecule has 4 heteroatoms. The van der Waals surface area contributed by atoms with Crippen LogP contribution in [0.5, 0.6) is 0 Å². The van der Waals surface area contributed by atoms with Crippen LogP contribution in [0.2, 0.25) is 0 Å². The maximum Gasteiger partial charge on any atom is 0.0948 e. The van der Waals surface area contributed by atoms with Gasteiger partial charge >= 0.3 is 0 Å². The predicted octanol–water partition coefficient (Wildman–Crippen LogP) is 0.996. The van der Waals surface area contributed by atoms with Gasteiger partial charge < -0.3 is 14.6 Å². The maximum atomic E-state index is 5.53. The summed E-state index contributed by atoms with van der Waals surface area (Å²) < 4.78 is 7.85. The van der Waals surface area contributed by atoms with Crippen LogP contribution < -0.4 is 5.32 Å². The average Bonchev–Trinajstić information content (AvgIpc) is 2.66. The Balaban J connectivity index is 1.66. The summed E-state index contributed by atoms with van der Waals surface area (Å²) in [6.07, 6.45) is 6.50. The Morgan fingerprint density at radius 2 is 2.44 bits per heavy atom. The lowest BCUT2D eigenvalue weighted by atomic mass is 9.98. The van der Waals surface area contributed by atoms with E-state index in [2.05, 4.69) is 14.9 Å². The molecule has 3 rings (SSSR count). The highest BCUT2D eigenvalue weighted by molar-refractivity contribution is 5.11. The molecule has 0 spiro atoms. The van der Waals surface area contributed by atoms with Gasteiger partial charge in [0.25, 0.3) is 0 Å². The Kier molecular flexibility index (Phi) is 2.93. The normalized spacial score (nSPS) is 26.6. The molecule has 1 aromatic heterocycles. The highest BCUT2D eigenvalue weighted by atomic mass is 16.5. The van der Waals surface area contributed by atoms with E-state index in [1.165, 1.54) is 18.5 Å². The summed E-state index contributed by atoms with van der Waals surface area (Å²) in [7, 11) is 0. The van der Waals surface area contributed by atoms with Crippen molar-refractivity contribution in [2.24, 2.45) is 5.92 Å². The van der Waals surface area contributed by atoms with E-state index in [0.717, 1.165) is 32.8 Å². The van der Waals surface area contributed by atoms with E-state index >= 15 is 0 Å². The fourth-order valence-electron chi connectivity index (χ4n) is 2.55. The van der Waals surface area contributed by atoms with Crippen molar-refractivity contribution < 1.29 is 4.74 Å². The third-order valence-electron chi connectivity index (χ3n) is 3.65. The molecule has 16 heavy (non-hydrogen) atoms. The van der Waals surface area contributed by atoms with Crippen molar-refractivity contribution in [2.75, 3.05) is 26.3 Å². The van der Waals surface area contributed by atoms with E-state index in [1.807, 2.05) is 12.5 Å². The number of nitrogens with zero attached hydrogens (tertiary/aromatic N) is 2. The van der Waals surface area contributed by atoms with Gasteiger partial charge in [-0.25, -0.2) is 4.98 Å². The second-order valence-electron chi connectivity index (χ2n) is 4.91. The molecule has 2 fully saturated rings. The predicted molar refractivity (Wildman–Crippen MR) is 61.4 cm³/mol. The van der Waals surface area contributed by atoms with Crippen LogP contribution >= 0.6 is 0 Å². The van der Waals surface area contributed by atoms with Gasteiger partial charge in [-0.1, -0.05) is 0 Å². The van der Waals surface area contributed by atoms with Gasteiger partial charge in [0.1, 0.15) is 0 Å². The molecule has 1 atom stereocenters. The van der Waals surface area contributed by atoms with Gasteiger partial charge in [-0.05, 0) is 12.8 Å². The summed E-state index contributed by atoms with van der Waals surface area (Å²) in [6, 6.07) is 0. The zero-order valence-corrected chi connectivity index (χ0v) is 9.56. The molecule has 0 amide bonds. The number of hydrogen-bond acceptors (Lipinski definition) is 3. The fraction of sp³-hybridized carbons (Fsp3) is 0.750. The summed E-state index contributed by atoms with van der Waals surface area (Å²) in [5, 5.41) is 3.31. The summed E-state index contributed by atoms with van der Waals surface area (Å²) >= 11 is 0. The molecule has 1 N–H and O–H groups in total. The minimum absolute atomic E-state index is 0.673. The van der Waals surface area contributed by atoms with Gasteiger partial charge in [0, 0.05) is 50.0 Å². The molecule has 0 bridgehead atoms. The maximum absolute atomic E-state index is 5.53. The van der Waals surface area contributed by atoms with Gasteiger partial charge in [0.2, 0.25) is 0 Å². The van der Waals surface area contributed by atoms with E-state index in [1.54, 1.807) is 0 Å². The van der Waals surface area contributed by atoms with E-state index in [4.69, 9.17) is 4.74 Å². The first kappa shape index (κ1) is 10.3. The summed E-state index contributed by atoms with van der Waals surface area (Å²) in [4.78, 5) is 4.28. The van der Waals surface area contributed by atoms with Crippen LogP contribution in [0, 0.1) is 5.92 Å². The van der Waals surface area contributed by atoms with Crippen molar-refractivity contribution >= 4 is 0 Å². The van der Waals surface area contributed by atoms with Gasteiger partial charge in [-0.2, -0.15) is 0 Å². The molecule has 2 aliphatic heterocycles. The largest absolute Gasteiger partial charge is 0.381 e. The molecule has 0 radical (unpaired) electrons. The smallest absolute Gasteiger partial charge is 0.0948 e. The molecule has 0 aromatic carbocycles. The molecule has 0 saturated carbocycles. The lowest BCUT2D eigenvalue weighted by Gasteiger charge is -2.29. The first-order valence-electron chi connectivity index (χ1n) is 6.22. The van der Waals surface area contributed by atoms with Crippen LogP contribution in [0.1, 0.15) is 24.5 Å². The first-order chi connectivity index (χ1) is 7.93. The molecule has 1 unspecified atom stereocenters. The van der Waals surface area contributed by atoms with Crippen LogP contribution in [0.25, 0.3) is 0 Å². The van der Waals surface area contributed by atoms with Crippen molar-refractivity contribution in [2.45, 2.75) is 25.3 Å². The lowest BCUT2D eigenvalue weighted by molar-refractivity contribution is 0.0479. The molecule has 1 aromatic rings. The van der Waals surface area contributed by atoms with Crippen molar-refractivity contribution in [3.63, 3.8) is 0 Å². The number of rotatable bonds is 3. The fourth-order valence-corrected chi connectivity index (χ4v) is 2.55. The molecule has 4 nitrogen and oxygen atoms in total. The lowest BCUT2D eigenvalue weighted by Crippen LogP contribution is -2.41. The monoisotopic (exact) mass is 221 g/mol. The Hall–Kier alpha value is -0.870. The van der Waals surface area contributed by atoms with Gasteiger partial charge in [0.05, 0.1) is 12.9 Å². The minimum Gasteiger partial charge on any atom is -0.381 e. The zero-order valence-electron chi connectivity index (χ0n) is 9.56. The van der Waals surface area contributed by atoms with Crippen LogP contribution in [-0.2, 0) is 11.3 Å². The van der Waals surface area contributed by atoms with Crippen molar-refractivity contribution in [1.82, 2.24) is 14.9 Å². The van der Waals surface area contributed by atoms with Crippen LogP contribution in [-0.4, -0.2) is 35.9 Å². The van der Waals surface area contributed by atoms with E-state index in [9.17, 15) is 0 Å². The van der Waals surface area contributed by atoms with Crippen molar-refractivity contribution in [3.05, 3.63) is 18.2 Å². The van der Waals surface area contributed by atoms with E-state index in [-0.39, 0.29) is 0 Å². The second kappa shape index (κ2) is 4.55. The van der Waals surface area contributed by atoms with Gasteiger partial charge in [0.15, 0.2) is 0 Å². The Morgan fingerprint density at radius 1 is 1.50 bits per heavy atom. The van der Waals surface area contributed by atoms with Crippen molar-refractivity contribution in [3.8, 4) is 0 Å². The Bertz CT molecular complexity index is 340. The average molecular weight is 221 g/mol. The summed E-state index contributed by atoms with van der Waals surface area (Å²) in [5.41, 5.74) is 1.39. The van der Waals surface area contributed by atoms with Crippen LogP contribution in [0.4, 0.5) is 0 Å². The van der Waals surface area contributed by atoms with Crippen LogP contribution in [0.3, 0.4) is 0 Å². The van der Waals surface area contributed by atoms with E-state index in [0.29, 0.717) is 11.8 Å². The van der Waals surface area contributed by atoms with Crippen molar-refractivity contribution in [1.29, 1.82) is 0 Å². The third kappa shape index (κ3) is 1.99. The molecule has 0 aliphatic carbocycles. The minimum atomic E-state index is 0.673. The molecule has 88 valence electrons. The Labute approximate surface area is 96.0 Å². The standard InChI is InChI=1S/C12H19N3O/c1-2-10(8-16-3-1)7-15-9-14-6-12(15)11-4-13-5-11/h6,9-11,13H,1-5,7-8H2. The Morgan fingerprint density at radius 3 is 3.12 bits per heavy atom. The SMILES string of the molecule is c1ncn(CC2CCCOC2)c1C1CNC1. The molecular formula is C12H19N3O. The zero-order chi connectivity index (χ0) is 10.8. The quantitative estimate of drug-likeness (QED) is 0.827. The molecular weight excluding hydrogens is 202 g/mol. The van der Waals surface area contributed by atoms with Gasteiger partial charge in [-0.3, -0.25) is 0 Å². The van der Waals surface area contributed by atoms with Gasteiger partial charge in [-0.15, -0.1) is 0 Å². The highest BCUT2D eigenvalue weighted by Gasteiger charge is 2.23. The highest BCUT2D eigenvalue weighted by Crippen LogP contribution is 2.22. The first-order valence-corrected chi connectivity index (χ1v) is 6.22.